The summed E-state index contributed by atoms with van der Waals surface area (Å²) in [5, 5.41) is 10.2. The van der Waals surface area contributed by atoms with E-state index in [1.165, 1.54) is 18.2 Å². The normalized spacial score (nSPS) is 10.8. The molecule has 0 unspecified atom stereocenters. The largest absolute Gasteiger partial charge is 0.398 e. The summed E-state index contributed by atoms with van der Waals surface area (Å²) in [5.41, 5.74) is 6.78. The van der Waals surface area contributed by atoms with Gasteiger partial charge in [-0.05, 0) is 30.3 Å². The molecule has 0 radical (unpaired) electrons. The highest BCUT2D eigenvalue weighted by molar-refractivity contribution is 7.94. The Labute approximate surface area is 109 Å². The molecule has 18 heavy (non-hydrogen) atoms. The summed E-state index contributed by atoms with van der Waals surface area (Å²) in [5.74, 6) is 0. The van der Waals surface area contributed by atoms with E-state index in [9.17, 15) is 8.42 Å². The summed E-state index contributed by atoms with van der Waals surface area (Å²) in [7, 11) is -3.61. The molecule has 0 fully saturated rings. The van der Waals surface area contributed by atoms with Crippen LogP contribution in [0.15, 0.2) is 39.9 Å². The number of nitrogen functional groups attached to an aromatic ring is 1. The monoisotopic (exact) mass is 279 g/mol. The fourth-order valence-electron chi connectivity index (χ4n) is 1.29. The van der Waals surface area contributed by atoms with E-state index in [4.69, 9.17) is 11.0 Å². The number of nitrogens with zero attached hydrogens (tertiary/aromatic N) is 1. The van der Waals surface area contributed by atoms with E-state index in [2.05, 4.69) is 4.72 Å². The number of anilines is 2. The van der Waals surface area contributed by atoms with E-state index in [0.29, 0.717) is 16.9 Å². The molecule has 0 bridgehead atoms. The van der Waals surface area contributed by atoms with Crippen LogP contribution in [0.2, 0.25) is 0 Å². The van der Waals surface area contributed by atoms with Crippen LogP contribution in [0, 0.1) is 11.3 Å². The maximum absolute atomic E-state index is 11.9. The van der Waals surface area contributed by atoms with E-state index < -0.39 is 10.0 Å². The van der Waals surface area contributed by atoms with Crippen LogP contribution in [0.5, 0.6) is 0 Å². The standard InChI is InChI=1S/C11H9N3O2S2/c12-6-8-1-3-10(4-2-8)14-18(15,16)11-5-9(13)7-17-11/h1-5,7,14H,13H2. The average molecular weight is 279 g/mol. The molecule has 0 saturated carbocycles. The number of nitrogens with two attached hydrogens (primary N) is 1. The van der Waals surface area contributed by atoms with Crippen molar-refractivity contribution in [3.05, 3.63) is 41.3 Å². The second kappa shape index (κ2) is 4.68. The Bertz CT molecular complexity index is 697. The first kappa shape index (κ1) is 12.4. The highest BCUT2D eigenvalue weighted by atomic mass is 32.2. The highest BCUT2D eigenvalue weighted by Gasteiger charge is 2.16. The lowest BCUT2D eigenvalue weighted by molar-refractivity contribution is 0.603. The fraction of sp³-hybridized carbons (Fsp3) is 0. The van der Waals surface area contributed by atoms with Crippen molar-refractivity contribution in [3.8, 4) is 6.07 Å². The number of hydrogen-bond donors (Lipinski definition) is 2. The maximum atomic E-state index is 11.9. The smallest absolute Gasteiger partial charge is 0.271 e. The molecule has 0 spiro atoms. The van der Waals surface area contributed by atoms with Crippen LogP contribution >= 0.6 is 11.3 Å². The van der Waals surface area contributed by atoms with Crippen molar-refractivity contribution in [3.63, 3.8) is 0 Å². The van der Waals surface area contributed by atoms with Crippen LogP contribution in [-0.4, -0.2) is 8.42 Å². The molecule has 0 atom stereocenters. The molecule has 1 aromatic carbocycles. The number of thiophene rings is 1. The molecule has 92 valence electrons. The van der Waals surface area contributed by atoms with Crippen molar-refractivity contribution in [1.82, 2.24) is 0 Å². The number of nitriles is 1. The van der Waals surface area contributed by atoms with Gasteiger partial charge in [-0.1, -0.05) is 0 Å². The number of benzene rings is 1. The third kappa shape index (κ3) is 2.61. The molecule has 5 nitrogen and oxygen atoms in total. The minimum Gasteiger partial charge on any atom is -0.398 e. The van der Waals surface area contributed by atoms with Gasteiger partial charge in [0.25, 0.3) is 10.0 Å². The van der Waals surface area contributed by atoms with E-state index in [1.807, 2.05) is 6.07 Å². The zero-order valence-corrected chi connectivity index (χ0v) is 10.8. The van der Waals surface area contributed by atoms with Crippen molar-refractivity contribution < 1.29 is 8.42 Å². The van der Waals surface area contributed by atoms with Gasteiger partial charge in [0.15, 0.2) is 0 Å². The van der Waals surface area contributed by atoms with E-state index >= 15 is 0 Å². The van der Waals surface area contributed by atoms with Crippen LogP contribution in [0.25, 0.3) is 0 Å². The van der Waals surface area contributed by atoms with Crippen molar-refractivity contribution in [2.24, 2.45) is 0 Å². The summed E-state index contributed by atoms with van der Waals surface area (Å²) >= 11 is 1.06. The quantitative estimate of drug-likeness (QED) is 0.898. The van der Waals surface area contributed by atoms with Gasteiger partial charge in [0.2, 0.25) is 0 Å². The molecule has 1 aromatic heterocycles. The van der Waals surface area contributed by atoms with Crippen LogP contribution < -0.4 is 10.5 Å². The topological polar surface area (TPSA) is 96.0 Å². The zero-order valence-electron chi connectivity index (χ0n) is 9.12. The van der Waals surface area contributed by atoms with E-state index in [1.54, 1.807) is 17.5 Å². The van der Waals surface area contributed by atoms with E-state index in [-0.39, 0.29) is 4.21 Å². The van der Waals surface area contributed by atoms with Crippen LogP contribution in [-0.2, 0) is 10.0 Å². The van der Waals surface area contributed by atoms with Gasteiger partial charge in [-0.3, -0.25) is 4.72 Å². The maximum Gasteiger partial charge on any atom is 0.271 e. The lowest BCUT2D eigenvalue weighted by Gasteiger charge is -2.05. The van der Waals surface area contributed by atoms with Gasteiger partial charge in [0.1, 0.15) is 4.21 Å². The van der Waals surface area contributed by atoms with Gasteiger partial charge in [-0.2, -0.15) is 5.26 Å². The third-order valence-electron chi connectivity index (χ3n) is 2.13. The van der Waals surface area contributed by atoms with Gasteiger partial charge in [0.05, 0.1) is 11.6 Å². The third-order valence-corrected chi connectivity index (χ3v) is 4.97. The summed E-state index contributed by atoms with van der Waals surface area (Å²) in [4.78, 5) is 0. The van der Waals surface area contributed by atoms with Gasteiger partial charge in [-0.15, -0.1) is 11.3 Å². The molecule has 1 heterocycles. The second-order valence-electron chi connectivity index (χ2n) is 3.49. The number of rotatable bonds is 3. The SMILES string of the molecule is N#Cc1ccc(NS(=O)(=O)c2cc(N)cs2)cc1. The molecule has 7 heteroatoms. The second-order valence-corrected chi connectivity index (χ2v) is 6.31. The first-order valence-electron chi connectivity index (χ1n) is 4.88. The van der Waals surface area contributed by atoms with Crippen molar-refractivity contribution in [2.75, 3.05) is 10.5 Å². The van der Waals surface area contributed by atoms with Crippen molar-refractivity contribution >= 4 is 32.7 Å². The molecule has 0 saturated heterocycles. The molecular weight excluding hydrogens is 270 g/mol. The molecule has 2 aromatic rings. The molecule has 0 aliphatic heterocycles. The van der Waals surface area contributed by atoms with Crippen LogP contribution in [0.3, 0.4) is 0 Å². The predicted molar refractivity (Wildman–Crippen MR) is 70.7 cm³/mol. The van der Waals surface area contributed by atoms with E-state index in [0.717, 1.165) is 11.3 Å². The summed E-state index contributed by atoms with van der Waals surface area (Å²) in [6.07, 6.45) is 0. The molecule has 3 N–H and O–H groups in total. The zero-order chi connectivity index (χ0) is 13.2. The van der Waals surface area contributed by atoms with Gasteiger partial charge in [0, 0.05) is 16.8 Å². The fourth-order valence-corrected chi connectivity index (χ4v) is 3.43. The molecule has 0 aliphatic carbocycles. The minimum absolute atomic E-state index is 0.157. The Morgan fingerprint density at radius 1 is 1.28 bits per heavy atom. The molecule has 2 rings (SSSR count). The average Bonchev–Trinajstić information content (AvgIpc) is 2.77. The summed E-state index contributed by atoms with van der Waals surface area (Å²) in [6.45, 7) is 0. The Hall–Kier alpha value is -2.04. The number of nitrogens with one attached hydrogen (secondary N) is 1. The number of hydrogen-bond acceptors (Lipinski definition) is 5. The Morgan fingerprint density at radius 3 is 2.44 bits per heavy atom. The van der Waals surface area contributed by atoms with Gasteiger partial charge >= 0.3 is 0 Å². The minimum atomic E-state index is -3.61. The number of sulfonamides is 1. The lowest BCUT2D eigenvalue weighted by Crippen LogP contribution is -2.11. The van der Waals surface area contributed by atoms with Crippen molar-refractivity contribution in [1.29, 1.82) is 5.26 Å². The Morgan fingerprint density at radius 2 is 1.94 bits per heavy atom. The highest BCUT2D eigenvalue weighted by Crippen LogP contribution is 2.24. The molecule has 0 amide bonds. The Kier molecular flexibility index (Phi) is 3.23. The van der Waals surface area contributed by atoms with Crippen molar-refractivity contribution in [2.45, 2.75) is 4.21 Å². The van der Waals surface area contributed by atoms with Crippen LogP contribution in [0.4, 0.5) is 11.4 Å². The lowest BCUT2D eigenvalue weighted by atomic mass is 10.2. The van der Waals surface area contributed by atoms with Gasteiger partial charge < -0.3 is 5.73 Å². The van der Waals surface area contributed by atoms with Crippen LogP contribution in [0.1, 0.15) is 5.56 Å². The first-order valence-corrected chi connectivity index (χ1v) is 7.24. The molecular formula is C11H9N3O2S2. The Balaban J connectivity index is 2.25. The predicted octanol–water partition coefficient (Wildman–Crippen LogP) is 2.00. The molecule has 0 aliphatic rings. The summed E-state index contributed by atoms with van der Waals surface area (Å²) in [6, 6.07) is 9.51. The summed E-state index contributed by atoms with van der Waals surface area (Å²) < 4.78 is 26.5. The first-order chi connectivity index (χ1) is 8.51. The van der Waals surface area contributed by atoms with Gasteiger partial charge in [-0.25, -0.2) is 8.42 Å².